The average Bonchev–Trinajstić information content (AvgIpc) is 2.49. The van der Waals surface area contributed by atoms with Crippen molar-refractivity contribution in [2.24, 2.45) is 0 Å². The van der Waals surface area contributed by atoms with E-state index in [9.17, 15) is 28.1 Å². The fourth-order valence-corrected chi connectivity index (χ4v) is 1.90. The second-order valence-electron chi connectivity index (χ2n) is 4.80. The van der Waals surface area contributed by atoms with E-state index in [4.69, 9.17) is 0 Å². The minimum atomic E-state index is -4.63. The largest absolute Gasteiger partial charge is 0.469 e. The molecule has 1 N–H and O–H groups in total. The smallest absolute Gasteiger partial charge is 0.416 e. The van der Waals surface area contributed by atoms with Gasteiger partial charge in [-0.15, -0.1) is 0 Å². The zero-order chi connectivity index (χ0) is 17.5. The van der Waals surface area contributed by atoms with E-state index in [1.165, 1.54) is 7.11 Å². The van der Waals surface area contributed by atoms with Gasteiger partial charge in [-0.05, 0) is 25.0 Å². The number of anilines is 1. The molecule has 0 saturated heterocycles. The van der Waals surface area contributed by atoms with Gasteiger partial charge in [0.15, 0.2) is 0 Å². The first-order valence-electron chi connectivity index (χ1n) is 6.92. The number of carbonyl (C=O) groups excluding carboxylic acids is 1. The maximum Gasteiger partial charge on any atom is 0.416 e. The zero-order valence-corrected chi connectivity index (χ0v) is 12.5. The fourth-order valence-electron chi connectivity index (χ4n) is 1.90. The minimum absolute atomic E-state index is 0.0379. The Morgan fingerprint density at radius 1 is 1.30 bits per heavy atom. The monoisotopic (exact) mass is 334 g/mol. The number of alkyl halides is 3. The summed E-state index contributed by atoms with van der Waals surface area (Å²) in [4.78, 5) is 20.9. The van der Waals surface area contributed by atoms with Crippen molar-refractivity contribution in [2.45, 2.75) is 31.9 Å². The number of halogens is 3. The molecule has 0 amide bonds. The summed E-state index contributed by atoms with van der Waals surface area (Å²) in [5.41, 5.74) is -1.64. The summed E-state index contributed by atoms with van der Waals surface area (Å²) in [6.45, 7) is 0.355. The first-order chi connectivity index (χ1) is 10.8. The summed E-state index contributed by atoms with van der Waals surface area (Å²) in [5, 5.41) is 13.6. The summed E-state index contributed by atoms with van der Waals surface area (Å²) in [6, 6.07) is 2.36. The summed E-state index contributed by atoms with van der Waals surface area (Å²) in [5.74, 6) is -0.309. The Morgan fingerprint density at radius 3 is 2.57 bits per heavy atom. The molecule has 0 fully saturated rings. The predicted molar refractivity (Wildman–Crippen MR) is 77.1 cm³/mol. The molecule has 128 valence electrons. The molecule has 0 aromatic heterocycles. The summed E-state index contributed by atoms with van der Waals surface area (Å²) < 4.78 is 42.2. The lowest BCUT2D eigenvalue weighted by atomic mass is 10.1. The van der Waals surface area contributed by atoms with Gasteiger partial charge in [-0.3, -0.25) is 14.9 Å². The lowest BCUT2D eigenvalue weighted by molar-refractivity contribution is -0.384. The number of hydrogen-bond donors (Lipinski definition) is 1. The van der Waals surface area contributed by atoms with Crippen LogP contribution in [0.1, 0.15) is 31.2 Å². The highest BCUT2D eigenvalue weighted by atomic mass is 19.4. The van der Waals surface area contributed by atoms with Gasteiger partial charge in [0, 0.05) is 19.0 Å². The van der Waals surface area contributed by atoms with E-state index in [0.717, 1.165) is 12.1 Å². The second kappa shape index (κ2) is 8.35. The van der Waals surface area contributed by atoms with Crippen molar-refractivity contribution in [3.63, 3.8) is 0 Å². The first kappa shape index (κ1) is 18.7. The van der Waals surface area contributed by atoms with Crippen molar-refractivity contribution in [1.82, 2.24) is 0 Å². The maximum absolute atomic E-state index is 12.6. The Kier molecular flexibility index (Phi) is 6.80. The Labute approximate surface area is 130 Å². The molecule has 0 bridgehead atoms. The van der Waals surface area contributed by atoms with Crippen LogP contribution in [0.3, 0.4) is 0 Å². The molecular weight excluding hydrogens is 317 g/mol. The van der Waals surface area contributed by atoms with Crippen molar-refractivity contribution in [3.05, 3.63) is 33.9 Å². The molecule has 0 atom stereocenters. The minimum Gasteiger partial charge on any atom is -0.469 e. The molecule has 0 aliphatic heterocycles. The molecule has 0 spiro atoms. The standard InChI is InChI=1S/C14H17F3N2O4/c1-23-13(20)5-3-2-4-8-18-11-7-6-10(14(15,16)17)9-12(11)19(21)22/h6-7,9,18H,2-5,8H2,1H3. The number of unbranched alkanes of at least 4 members (excludes halogenated alkanes) is 2. The van der Waals surface area contributed by atoms with Crippen molar-refractivity contribution in [1.29, 1.82) is 0 Å². The van der Waals surface area contributed by atoms with Gasteiger partial charge < -0.3 is 10.1 Å². The highest BCUT2D eigenvalue weighted by Gasteiger charge is 2.32. The van der Waals surface area contributed by atoms with E-state index >= 15 is 0 Å². The molecule has 1 aromatic rings. The van der Waals surface area contributed by atoms with Crippen LogP contribution in [0.15, 0.2) is 18.2 Å². The molecular formula is C14H17F3N2O4. The molecule has 0 radical (unpaired) electrons. The van der Waals surface area contributed by atoms with Crippen LogP contribution in [0.4, 0.5) is 24.5 Å². The number of ether oxygens (including phenoxy) is 1. The van der Waals surface area contributed by atoms with Crippen LogP contribution < -0.4 is 5.32 Å². The van der Waals surface area contributed by atoms with Crippen LogP contribution in [-0.2, 0) is 15.7 Å². The average molecular weight is 334 g/mol. The quantitative estimate of drug-likeness (QED) is 0.339. The van der Waals surface area contributed by atoms with Crippen molar-refractivity contribution in [3.8, 4) is 0 Å². The van der Waals surface area contributed by atoms with Crippen LogP contribution >= 0.6 is 0 Å². The molecule has 6 nitrogen and oxygen atoms in total. The van der Waals surface area contributed by atoms with E-state index in [1.807, 2.05) is 0 Å². The maximum atomic E-state index is 12.6. The van der Waals surface area contributed by atoms with E-state index in [0.29, 0.717) is 31.9 Å². The van der Waals surface area contributed by atoms with Crippen LogP contribution in [0.5, 0.6) is 0 Å². The van der Waals surface area contributed by atoms with Gasteiger partial charge in [0.05, 0.1) is 17.6 Å². The van der Waals surface area contributed by atoms with Gasteiger partial charge in [0.25, 0.3) is 5.69 Å². The van der Waals surface area contributed by atoms with E-state index < -0.39 is 22.4 Å². The number of nitro benzene ring substituents is 1. The molecule has 9 heteroatoms. The first-order valence-corrected chi connectivity index (χ1v) is 6.92. The van der Waals surface area contributed by atoms with E-state index in [-0.39, 0.29) is 18.1 Å². The van der Waals surface area contributed by atoms with E-state index in [1.54, 1.807) is 0 Å². The Balaban J connectivity index is 2.56. The molecule has 23 heavy (non-hydrogen) atoms. The third-order valence-corrected chi connectivity index (χ3v) is 3.12. The third-order valence-electron chi connectivity index (χ3n) is 3.12. The van der Waals surface area contributed by atoms with Crippen LogP contribution in [0.25, 0.3) is 0 Å². The van der Waals surface area contributed by atoms with Crippen LogP contribution in [0.2, 0.25) is 0 Å². The SMILES string of the molecule is COC(=O)CCCCCNc1ccc(C(F)(F)F)cc1[N+](=O)[O-]. The van der Waals surface area contributed by atoms with Crippen molar-refractivity contribution in [2.75, 3.05) is 19.0 Å². The number of rotatable bonds is 8. The highest BCUT2D eigenvalue weighted by Crippen LogP contribution is 2.34. The fraction of sp³-hybridized carbons (Fsp3) is 0.500. The van der Waals surface area contributed by atoms with Crippen LogP contribution in [0, 0.1) is 10.1 Å². The van der Waals surface area contributed by atoms with Crippen molar-refractivity contribution >= 4 is 17.3 Å². The second-order valence-corrected chi connectivity index (χ2v) is 4.80. The highest BCUT2D eigenvalue weighted by molar-refractivity contribution is 5.69. The summed E-state index contributed by atoms with van der Waals surface area (Å²) in [7, 11) is 1.30. The number of nitro groups is 1. The number of nitrogens with zero attached hydrogens (tertiary/aromatic N) is 1. The lowest BCUT2D eigenvalue weighted by Crippen LogP contribution is -2.09. The molecule has 1 aromatic carbocycles. The van der Waals surface area contributed by atoms with Gasteiger partial charge in [0.2, 0.25) is 0 Å². The normalized spacial score (nSPS) is 11.1. The topological polar surface area (TPSA) is 81.5 Å². The Hall–Kier alpha value is -2.32. The molecule has 0 unspecified atom stereocenters. The molecule has 0 aliphatic carbocycles. The molecule has 0 heterocycles. The number of hydrogen-bond acceptors (Lipinski definition) is 5. The van der Waals surface area contributed by atoms with Gasteiger partial charge in [-0.25, -0.2) is 0 Å². The Bertz CT molecular complexity index is 561. The summed E-state index contributed by atoms with van der Waals surface area (Å²) in [6.07, 6.45) is -2.41. The van der Waals surface area contributed by atoms with Crippen molar-refractivity contribution < 1.29 is 27.6 Å². The molecule has 0 saturated carbocycles. The predicted octanol–water partition coefficient (Wildman–Crippen LogP) is 3.76. The summed E-state index contributed by atoms with van der Waals surface area (Å²) >= 11 is 0. The molecule has 0 aliphatic rings. The number of methoxy groups -OCH3 is 1. The number of carbonyl (C=O) groups is 1. The van der Waals surface area contributed by atoms with Gasteiger partial charge in [-0.1, -0.05) is 6.42 Å². The zero-order valence-electron chi connectivity index (χ0n) is 12.5. The van der Waals surface area contributed by atoms with Gasteiger partial charge >= 0.3 is 12.1 Å². The van der Waals surface area contributed by atoms with Gasteiger partial charge in [0.1, 0.15) is 5.69 Å². The lowest BCUT2D eigenvalue weighted by Gasteiger charge is -2.10. The molecule has 1 rings (SSSR count). The number of esters is 1. The van der Waals surface area contributed by atoms with Gasteiger partial charge in [-0.2, -0.15) is 13.2 Å². The number of benzene rings is 1. The van der Waals surface area contributed by atoms with Crippen LogP contribution in [-0.4, -0.2) is 24.5 Å². The Morgan fingerprint density at radius 2 is 2.00 bits per heavy atom. The van der Waals surface area contributed by atoms with E-state index in [2.05, 4.69) is 10.1 Å². The third kappa shape index (κ3) is 6.13. The number of nitrogens with one attached hydrogen (secondary N) is 1.